The quantitative estimate of drug-likeness (QED) is 0.817. The molecule has 0 bridgehead atoms. The number of nitrogens with zero attached hydrogens (tertiary/aromatic N) is 2. The number of sulfonamides is 1. The average molecular weight is 391 g/mol. The minimum atomic E-state index is -3.58. The van der Waals surface area contributed by atoms with Crippen molar-refractivity contribution in [3.8, 4) is 0 Å². The van der Waals surface area contributed by atoms with Crippen LogP contribution in [0.25, 0.3) is 0 Å². The topological polar surface area (TPSA) is 95.2 Å². The first-order chi connectivity index (χ1) is 12.8. The molecule has 1 aliphatic rings. The van der Waals surface area contributed by atoms with E-state index in [1.165, 1.54) is 9.87 Å². The first-order valence-corrected chi connectivity index (χ1v) is 10.6. The SMILES string of the molecule is Cc1ccc(CNC(=O)C2CCN(S(=O)(=O)c3c(C)n[nH]c3C)CC2)cc1. The summed E-state index contributed by atoms with van der Waals surface area (Å²) in [6, 6.07) is 8.04. The molecule has 0 aliphatic carbocycles. The third-order valence-electron chi connectivity index (χ3n) is 5.07. The number of aryl methyl sites for hydroxylation is 3. The van der Waals surface area contributed by atoms with Crippen molar-refractivity contribution in [1.82, 2.24) is 19.8 Å². The van der Waals surface area contributed by atoms with Crippen molar-refractivity contribution in [2.24, 2.45) is 5.92 Å². The number of nitrogens with one attached hydrogen (secondary N) is 2. The van der Waals surface area contributed by atoms with E-state index in [0.29, 0.717) is 43.9 Å². The predicted octanol–water partition coefficient (Wildman–Crippen LogP) is 2.05. The molecule has 3 rings (SSSR count). The van der Waals surface area contributed by atoms with Gasteiger partial charge in [-0.1, -0.05) is 29.8 Å². The fourth-order valence-electron chi connectivity index (χ4n) is 3.45. The number of aromatic amines is 1. The van der Waals surface area contributed by atoms with Crippen LogP contribution in [0.15, 0.2) is 29.2 Å². The molecule has 2 N–H and O–H groups in total. The molecule has 1 saturated heterocycles. The summed E-state index contributed by atoms with van der Waals surface area (Å²) in [4.78, 5) is 12.7. The number of rotatable bonds is 5. The van der Waals surface area contributed by atoms with Gasteiger partial charge in [-0.2, -0.15) is 9.40 Å². The Balaban J connectivity index is 1.56. The molecule has 27 heavy (non-hydrogen) atoms. The highest BCUT2D eigenvalue weighted by molar-refractivity contribution is 7.89. The van der Waals surface area contributed by atoms with E-state index in [1.54, 1.807) is 13.8 Å². The number of aromatic nitrogens is 2. The minimum Gasteiger partial charge on any atom is -0.352 e. The number of amides is 1. The monoisotopic (exact) mass is 390 g/mol. The summed E-state index contributed by atoms with van der Waals surface area (Å²) in [7, 11) is -3.58. The summed E-state index contributed by atoms with van der Waals surface area (Å²) < 4.78 is 27.2. The van der Waals surface area contributed by atoms with Crippen molar-refractivity contribution in [2.45, 2.75) is 45.1 Å². The Bertz CT molecular complexity index is 891. The van der Waals surface area contributed by atoms with Gasteiger partial charge in [-0.05, 0) is 39.2 Å². The second kappa shape index (κ2) is 7.82. The molecule has 1 aliphatic heterocycles. The van der Waals surface area contributed by atoms with Gasteiger partial charge in [0, 0.05) is 25.6 Å². The number of carbonyl (C=O) groups is 1. The maximum absolute atomic E-state index is 12.9. The fraction of sp³-hybridized carbons (Fsp3) is 0.474. The van der Waals surface area contributed by atoms with Crippen LogP contribution in [0.1, 0.15) is 35.4 Å². The molecule has 7 nitrogen and oxygen atoms in total. The zero-order valence-corrected chi connectivity index (χ0v) is 16.8. The van der Waals surface area contributed by atoms with E-state index in [4.69, 9.17) is 0 Å². The van der Waals surface area contributed by atoms with Gasteiger partial charge in [0.2, 0.25) is 15.9 Å². The number of hydrogen-bond acceptors (Lipinski definition) is 4. The summed E-state index contributed by atoms with van der Waals surface area (Å²) in [5, 5.41) is 9.67. The van der Waals surface area contributed by atoms with Crippen molar-refractivity contribution in [1.29, 1.82) is 0 Å². The third-order valence-corrected chi connectivity index (χ3v) is 7.23. The lowest BCUT2D eigenvalue weighted by Crippen LogP contribution is -2.43. The van der Waals surface area contributed by atoms with Crippen LogP contribution in [0.3, 0.4) is 0 Å². The molecule has 8 heteroatoms. The second-order valence-corrected chi connectivity index (χ2v) is 9.02. The van der Waals surface area contributed by atoms with E-state index in [-0.39, 0.29) is 16.7 Å². The Hall–Kier alpha value is -2.19. The van der Waals surface area contributed by atoms with Crippen LogP contribution in [0.4, 0.5) is 0 Å². The van der Waals surface area contributed by atoms with Crippen LogP contribution in [0, 0.1) is 26.7 Å². The Morgan fingerprint density at radius 3 is 2.37 bits per heavy atom. The number of benzene rings is 1. The van der Waals surface area contributed by atoms with Gasteiger partial charge < -0.3 is 5.32 Å². The summed E-state index contributed by atoms with van der Waals surface area (Å²) in [5.41, 5.74) is 3.26. The standard InChI is InChI=1S/C19H26N4O3S/c1-13-4-6-16(7-5-13)12-20-19(24)17-8-10-23(11-9-17)27(25,26)18-14(2)21-22-15(18)3/h4-7,17H,8-12H2,1-3H3,(H,20,24)(H,21,22). The van der Waals surface area contributed by atoms with Crippen LogP contribution < -0.4 is 5.32 Å². The van der Waals surface area contributed by atoms with E-state index < -0.39 is 10.0 Å². The molecule has 1 amide bonds. The van der Waals surface area contributed by atoms with Crippen LogP contribution in [0.2, 0.25) is 0 Å². The lowest BCUT2D eigenvalue weighted by molar-refractivity contribution is -0.126. The zero-order chi connectivity index (χ0) is 19.6. The van der Waals surface area contributed by atoms with Gasteiger partial charge in [-0.3, -0.25) is 9.89 Å². The largest absolute Gasteiger partial charge is 0.352 e. The highest BCUT2D eigenvalue weighted by Crippen LogP contribution is 2.26. The number of H-pyrrole nitrogens is 1. The molecule has 1 aromatic carbocycles. The number of hydrogen-bond donors (Lipinski definition) is 2. The molecule has 2 aromatic rings. The lowest BCUT2D eigenvalue weighted by atomic mass is 9.97. The summed E-state index contributed by atoms with van der Waals surface area (Å²) in [6.07, 6.45) is 1.05. The summed E-state index contributed by atoms with van der Waals surface area (Å²) >= 11 is 0. The van der Waals surface area contributed by atoms with Crippen LogP contribution in [-0.2, 0) is 21.4 Å². The Labute approximate surface area is 160 Å². The first-order valence-electron chi connectivity index (χ1n) is 9.14. The molecule has 0 unspecified atom stereocenters. The maximum atomic E-state index is 12.9. The van der Waals surface area contributed by atoms with Crippen molar-refractivity contribution in [3.63, 3.8) is 0 Å². The molecule has 0 spiro atoms. The molecular weight excluding hydrogens is 364 g/mol. The highest BCUT2D eigenvalue weighted by atomic mass is 32.2. The molecule has 1 aromatic heterocycles. The third kappa shape index (κ3) is 4.22. The lowest BCUT2D eigenvalue weighted by Gasteiger charge is -2.30. The maximum Gasteiger partial charge on any atom is 0.246 e. The average Bonchev–Trinajstić information content (AvgIpc) is 3.00. The van der Waals surface area contributed by atoms with Crippen LogP contribution in [0.5, 0.6) is 0 Å². The molecule has 146 valence electrons. The number of carbonyl (C=O) groups excluding carboxylic acids is 1. The van der Waals surface area contributed by atoms with Gasteiger partial charge in [0.1, 0.15) is 4.90 Å². The van der Waals surface area contributed by atoms with Gasteiger partial charge in [0.15, 0.2) is 0 Å². The highest BCUT2D eigenvalue weighted by Gasteiger charge is 2.34. The molecule has 0 saturated carbocycles. The molecule has 1 fully saturated rings. The molecule has 2 heterocycles. The van der Waals surface area contributed by atoms with E-state index >= 15 is 0 Å². The van der Waals surface area contributed by atoms with E-state index in [0.717, 1.165) is 5.56 Å². The zero-order valence-electron chi connectivity index (χ0n) is 15.9. The van der Waals surface area contributed by atoms with Crippen molar-refractivity contribution < 1.29 is 13.2 Å². The Kier molecular flexibility index (Phi) is 5.67. The number of piperidine rings is 1. The second-order valence-electron chi connectivity index (χ2n) is 7.14. The van der Waals surface area contributed by atoms with Crippen LogP contribution in [-0.4, -0.2) is 41.9 Å². The van der Waals surface area contributed by atoms with Gasteiger partial charge in [-0.15, -0.1) is 0 Å². The van der Waals surface area contributed by atoms with Crippen molar-refractivity contribution in [2.75, 3.05) is 13.1 Å². The van der Waals surface area contributed by atoms with Crippen molar-refractivity contribution in [3.05, 3.63) is 46.8 Å². The van der Waals surface area contributed by atoms with E-state index in [9.17, 15) is 13.2 Å². The first kappa shape index (κ1) is 19.6. The van der Waals surface area contributed by atoms with E-state index in [1.807, 2.05) is 31.2 Å². The summed E-state index contributed by atoms with van der Waals surface area (Å²) in [6.45, 7) is 6.59. The minimum absolute atomic E-state index is 0.0108. The van der Waals surface area contributed by atoms with Crippen LogP contribution >= 0.6 is 0 Å². The Morgan fingerprint density at radius 1 is 1.19 bits per heavy atom. The predicted molar refractivity (Wildman–Crippen MR) is 103 cm³/mol. The molecular formula is C19H26N4O3S. The van der Waals surface area contributed by atoms with Crippen molar-refractivity contribution >= 4 is 15.9 Å². The van der Waals surface area contributed by atoms with E-state index in [2.05, 4.69) is 15.5 Å². The van der Waals surface area contributed by atoms with Gasteiger partial charge in [0.05, 0.1) is 11.4 Å². The van der Waals surface area contributed by atoms with Gasteiger partial charge >= 0.3 is 0 Å². The fourth-order valence-corrected chi connectivity index (χ4v) is 5.25. The smallest absolute Gasteiger partial charge is 0.246 e. The molecule has 0 atom stereocenters. The Morgan fingerprint density at radius 2 is 1.81 bits per heavy atom. The summed E-state index contributed by atoms with van der Waals surface area (Å²) in [5.74, 6) is -0.170. The van der Waals surface area contributed by atoms with Gasteiger partial charge in [0.25, 0.3) is 0 Å². The normalized spacial score (nSPS) is 16.4. The van der Waals surface area contributed by atoms with Gasteiger partial charge in [-0.25, -0.2) is 8.42 Å². The molecule has 0 radical (unpaired) electrons.